The van der Waals surface area contributed by atoms with E-state index in [0.29, 0.717) is 18.7 Å². The van der Waals surface area contributed by atoms with E-state index in [4.69, 9.17) is 4.74 Å². The third-order valence-corrected chi connectivity index (χ3v) is 3.26. The summed E-state index contributed by atoms with van der Waals surface area (Å²) in [5.74, 6) is 0. The SMILES string of the molecule is CCCC(C)NC1CCN(C(=O)OCC)CC1. The summed E-state index contributed by atoms with van der Waals surface area (Å²) >= 11 is 0. The van der Waals surface area contributed by atoms with E-state index >= 15 is 0 Å². The van der Waals surface area contributed by atoms with Gasteiger partial charge in [0.2, 0.25) is 0 Å². The van der Waals surface area contributed by atoms with Gasteiger partial charge in [0, 0.05) is 25.2 Å². The minimum atomic E-state index is -0.160. The number of likely N-dealkylation sites (tertiary alicyclic amines) is 1. The van der Waals surface area contributed by atoms with Crippen molar-refractivity contribution < 1.29 is 9.53 Å². The van der Waals surface area contributed by atoms with E-state index in [1.165, 1.54) is 12.8 Å². The maximum Gasteiger partial charge on any atom is 0.409 e. The third-order valence-electron chi connectivity index (χ3n) is 3.26. The van der Waals surface area contributed by atoms with Crippen LogP contribution < -0.4 is 5.32 Å². The van der Waals surface area contributed by atoms with Gasteiger partial charge < -0.3 is 15.0 Å². The molecular formula is C13H26N2O2. The van der Waals surface area contributed by atoms with Crippen LogP contribution in [0.5, 0.6) is 0 Å². The molecule has 1 unspecified atom stereocenters. The quantitative estimate of drug-likeness (QED) is 0.805. The molecule has 17 heavy (non-hydrogen) atoms. The van der Waals surface area contributed by atoms with Crippen molar-refractivity contribution in [2.45, 2.75) is 58.5 Å². The van der Waals surface area contributed by atoms with Gasteiger partial charge in [-0.15, -0.1) is 0 Å². The Morgan fingerprint density at radius 2 is 2.06 bits per heavy atom. The molecular weight excluding hydrogens is 216 g/mol. The molecule has 1 rings (SSSR count). The van der Waals surface area contributed by atoms with Gasteiger partial charge in [-0.3, -0.25) is 0 Å². The molecule has 0 aromatic rings. The van der Waals surface area contributed by atoms with Crippen LogP contribution >= 0.6 is 0 Å². The molecule has 0 spiro atoms. The molecule has 1 saturated heterocycles. The summed E-state index contributed by atoms with van der Waals surface area (Å²) in [4.78, 5) is 13.3. The standard InChI is InChI=1S/C13H26N2O2/c1-4-6-11(3)14-12-7-9-15(10-8-12)13(16)17-5-2/h11-12,14H,4-10H2,1-3H3. The zero-order chi connectivity index (χ0) is 12.7. The largest absolute Gasteiger partial charge is 0.450 e. The summed E-state index contributed by atoms with van der Waals surface area (Å²) in [5, 5.41) is 3.63. The average Bonchev–Trinajstić information content (AvgIpc) is 2.30. The van der Waals surface area contributed by atoms with Gasteiger partial charge in [0.1, 0.15) is 0 Å². The molecule has 0 bridgehead atoms. The Kier molecular flexibility index (Phi) is 6.34. The molecule has 1 N–H and O–H groups in total. The highest BCUT2D eigenvalue weighted by Gasteiger charge is 2.23. The maximum atomic E-state index is 11.5. The zero-order valence-corrected chi connectivity index (χ0v) is 11.4. The molecule has 0 radical (unpaired) electrons. The molecule has 0 aliphatic carbocycles. The first kappa shape index (κ1) is 14.3. The van der Waals surface area contributed by atoms with Crippen molar-refractivity contribution in [3.05, 3.63) is 0 Å². The highest BCUT2D eigenvalue weighted by Crippen LogP contribution is 2.12. The van der Waals surface area contributed by atoms with Crippen molar-refractivity contribution in [3.63, 3.8) is 0 Å². The van der Waals surface area contributed by atoms with Crippen LogP contribution in [0, 0.1) is 0 Å². The summed E-state index contributed by atoms with van der Waals surface area (Å²) in [5.41, 5.74) is 0. The second kappa shape index (κ2) is 7.54. The smallest absolute Gasteiger partial charge is 0.409 e. The van der Waals surface area contributed by atoms with E-state index in [-0.39, 0.29) is 6.09 Å². The fraction of sp³-hybridized carbons (Fsp3) is 0.923. The lowest BCUT2D eigenvalue weighted by molar-refractivity contribution is 0.0943. The normalized spacial score (nSPS) is 19.1. The number of rotatable bonds is 5. The van der Waals surface area contributed by atoms with E-state index in [1.807, 2.05) is 11.8 Å². The number of carbonyl (C=O) groups excluding carboxylic acids is 1. The van der Waals surface area contributed by atoms with E-state index in [1.54, 1.807) is 0 Å². The lowest BCUT2D eigenvalue weighted by Crippen LogP contribution is -2.47. The number of hydrogen-bond donors (Lipinski definition) is 1. The molecule has 4 nitrogen and oxygen atoms in total. The van der Waals surface area contributed by atoms with Crippen LogP contribution in [0.25, 0.3) is 0 Å². The fourth-order valence-electron chi connectivity index (χ4n) is 2.36. The summed E-state index contributed by atoms with van der Waals surface area (Å²) in [6, 6.07) is 1.14. The Balaban J connectivity index is 2.23. The van der Waals surface area contributed by atoms with Crippen LogP contribution in [0.3, 0.4) is 0 Å². The third kappa shape index (κ3) is 4.94. The van der Waals surface area contributed by atoms with Gasteiger partial charge in [-0.25, -0.2) is 4.79 Å². The van der Waals surface area contributed by atoms with Gasteiger partial charge in [0.05, 0.1) is 6.61 Å². The van der Waals surface area contributed by atoms with Crippen molar-refractivity contribution in [2.75, 3.05) is 19.7 Å². The van der Waals surface area contributed by atoms with E-state index in [2.05, 4.69) is 19.2 Å². The number of amides is 1. The lowest BCUT2D eigenvalue weighted by Gasteiger charge is -2.33. The Morgan fingerprint density at radius 1 is 1.41 bits per heavy atom. The Morgan fingerprint density at radius 3 is 2.59 bits per heavy atom. The molecule has 1 atom stereocenters. The Labute approximate surface area is 105 Å². The average molecular weight is 242 g/mol. The fourth-order valence-corrected chi connectivity index (χ4v) is 2.36. The Bertz CT molecular complexity index is 225. The van der Waals surface area contributed by atoms with E-state index in [0.717, 1.165) is 25.9 Å². The number of nitrogens with zero attached hydrogens (tertiary/aromatic N) is 1. The Hall–Kier alpha value is -0.770. The van der Waals surface area contributed by atoms with Crippen molar-refractivity contribution in [1.29, 1.82) is 0 Å². The first-order valence-electron chi connectivity index (χ1n) is 6.85. The van der Waals surface area contributed by atoms with Crippen LogP contribution in [-0.4, -0.2) is 42.8 Å². The molecule has 1 heterocycles. The second-order valence-electron chi connectivity index (χ2n) is 4.82. The van der Waals surface area contributed by atoms with Crippen molar-refractivity contribution in [3.8, 4) is 0 Å². The van der Waals surface area contributed by atoms with Crippen LogP contribution in [0.15, 0.2) is 0 Å². The maximum absolute atomic E-state index is 11.5. The van der Waals surface area contributed by atoms with Crippen LogP contribution in [0.4, 0.5) is 4.79 Å². The summed E-state index contributed by atoms with van der Waals surface area (Å²) < 4.78 is 5.00. The first-order valence-corrected chi connectivity index (χ1v) is 6.85. The molecule has 0 aromatic carbocycles. The topological polar surface area (TPSA) is 41.6 Å². The zero-order valence-electron chi connectivity index (χ0n) is 11.4. The minimum absolute atomic E-state index is 0.160. The van der Waals surface area contributed by atoms with Gasteiger partial charge in [-0.1, -0.05) is 13.3 Å². The predicted octanol–water partition coefficient (Wildman–Crippen LogP) is 2.39. The monoisotopic (exact) mass is 242 g/mol. The van der Waals surface area contributed by atoms with Crippen molar-refractivity contribution >= 4 is 6.09 Å². The highest BCUT2D eigenvalue weighted by molar-refractivity contribution is 5.67. The molecule has 1 amide bonds. The predicted molar refractivity (Wildman–Crippen MR) is 69.1 cm³/mol. The van der Waals surface area contributed by atoms with Crippen molar-refractivity contribution in [1.82, 2.24) is 10.2 Å². The van der Waals surface area contributed by atoms with Gasteiger partial charge >= 0.3 is 6.09 Å². The molecule has 1 aliphatic heterocycles. The number of piperidine rings is 1. The number of ether oxygens (including phenoxy) is 1. The molecule has 1 fully saturated rings. The molecule has 0 saturated carbocycles. The van der Waals surface area contributed by atoms with Gasteiger partial charge in [0.15, 0.2) is 0 Å². The van der Waals surface area contributed by atoms with E-state index < -0.39 is 0 Å². The molecule has 4 heteroatoms. The van der Waals surface area contributed by atoms with Crippen LogP contribution in [-0.2, 0) is 4.74 Å². The molecule has 100 valence electrons. The molecule has 0 aromatic heterocycles. The summed E-state index contributed by atoms with van der Waals surface area (Å²) in [7, 11) is 0. The van der Waals surface area contributed by atoms with Gasteiger partial charge in [-0.05, 0) is 33.1 Å². The number of carbonyl (C=O) groups is 1. The first-order chi connectivity index (χ1) is 8.17. The van der Waals surface area contributed by atoms with Crippen LogP contribution in [0.2, 0.25) is 0 Å². The van der Waals surface area contributed by atoms with Gasteiger partial charge in [0.25, 0.3) is 0 Å². The molecule has 1 aliphatic rings. The highest BCUT2D eigenvalue weighted by atomic mass is 16.6. The van der Waals surface area contributed by atoms with Crippen molar-refractivity contribution in [2.24, 2.45) is 0 Å². The van der Waals surface area contributed by atoms with E-state index in [9.17, 15) is 4.79 Å². The number of hydrogen-bond acceptors (Lipinski definition) is 3. The second-order valence-corrected chi connectivity index (χ2v) is 4.82. The summed E-state index contributed by atoms with van der Waals surface area (Å²) in [6.45, 7) is 8.39. The number of nitrogens with one attached hydrogen (secondary N) is 1. The summed E-state index contributed by atoms with van der Waals surface area (Å²) in [6.07, 6.45) is 4.35. The van der Waals surface area contributed by atoms with Crippen LogP contribution in [0.1, 0.15) is 46.5 Å². The lowest BCUT2D eigenvalue weighted by atomic mass is 10.0. The van der Waals surface area contributed by atoms with Gasteiger partial charge in [-0.2, -0.15) is 0 Å². The minimum Gasteiger partial charge on any atom is -0.450 e.